The van der Waals surface area contributed by atoms with Gasteiger partial charge in [-0.3, -0.25) is 9.36 Å². The summed E-state index contributed by atoms with van der Waals surface area (Å²) in [6.45, 7) is 1.33. The van der Waals surface area contributed by atoms with Crippen molar-refractivity contribution in [3.05, 3.63) is 11.4 Å². The minimum atomic E-state index is -4.13. The first-order chi connectivity index (χ1) is 3.95. The fourth-order valence-electron chi connectivity index (χ4n) is 0.296. The Morgan fingerprint density at radius 1 is 1.56 bits per heavy atom. The Labute approximate surface area is 52.4 Å². The van der Waals surface area contributed by atoms with Gasteiger partial charge in [-0.15, -0.1) is 0 Å². The first kappa shape index (κ1) is 8.56. The van der Waals surface area contributed by atoms with E-state index < -0.39 is 7.60 Å². The zero-order chi connectivity index (χ0) is 7.49. The highest BCUT2D eigenvalue weighted by Gasteiger charge is 2.06. The van der Waals surface area contributed by atoms with Crippen LogP contribution in [-0.2, 0) is 9.36 Å². The normalized spacial score (nSPS) is 13.4. The van der Waals surface area contributed by atoms with Crippen LogP contribution in [0.1, 0.15) is 6.92 Å². The molecule has 0 spiro atoms. The molecule has 0 saturated heterocycles. The average molecular weight is 150 g/mol. The van der Waals surface area contributed by atoms with Crippen LogP contribution in [0.25, 0.3) is 0 Å². The van der Waals surface area contributed by atoms with Gasteiger partial charge in [0.2, 0.25) is 0 Å². The second-order valence-electron chi connectivity index (χ2n) is 1.58. The first-order valence-corrected chi connectivity index (χ1v) is 3.84. The quantitative estimate of drug-likeness (QED) is 0.336. The summed E-state index contributed by atoms with van der Waals surface area (Å²) in [6, 6.07) is 0. The molecule has 0 aromatic heterocycles. The molecule has 0 fully saturated rings. The summed E-state index contributed by atoms with van der Waals surface area (Å²) in [5.74, 6) is 0.625. The van der Waals surface area contributed by atoms with Crippen LogP contribution in [0.4, 0.5) is 0 Å². The van der Waals surface area contributed by atoms with E-state index in [0.29, 0.717) is 12.1 Å². The number of hydrogen-bond acceptors (Lipinski definition) is 2. The van der Waals surface area contributed by atoms with Crippen molar-refractivity contribution in [2.75, 3.05) is 0 Å². The van der Waals surface area contributed by atoms with E-state index in [-0.39, 0.29) is 5.57 Å². The van der Waals surface area contributed by atoms with Gasteiger partial charge >= 0.3 is 7.60 Å². The van der Waals surface area contributed by atoms with Crippen LogP contribution in [0.5, 0.6) is 0 Å². The summed E-state index contributed by atoms with van der Waals surface area (Å²) in [4.78, 5) is 26.2. The van der Waals surface area contributed by atoms with Crippen molar-refractivity contribution in [1.82, 2.24) is 0 Å². The van der Waals surface area contributed by atoms with E-state index in [4.69, 9.17) is 9.79 Å². The van der Waals surface area contributed by atoms with Crippen LogP contribution in [-0.4, -0.2) is 16.1 Å². The lowest BCUT2D eigenvalue weighted by Crippen LogP contribution is -1.77. The molecule has 0 unspecified atom stereocenters. The van der Waals surface area contributed by atoms with Gasteiger partial charge in [0.05, 0.1) is 0 Å². The standard InChI is InChI=1S/C4H7O4P/c1-4(2-5)3-9(6,7)8/h2-3H,1H3,(H2,6,7,8). The number of hydrogen-bond donors (Lipinski definition) is 2. The first-order valence-electron chi connectivity index (χ1n) is 2.15. The Hall–Kier alpha value is -0.440. The Balaban J connectivity index is 4.30. The summed E-state index contributed by atoms with van der Waals surface area (Å²) in [7, 11) is -4.13. The Morgan fingerprint density at radius 2 is 2.00 bits per heavy atom. The molecule has 0 aliphatic heterocycles. The van der Waals surface area contributed by atoms with Gasteiger partial charge < -0.3 is 9.79 Å². The van der Waals surface area contributed by atoms with Crippen molar-refractivity contribution in [3.63, 3.8) is 0 Å². The molecule has 0 aromatic rings. The molecule has 9 heavy (non-hydrogen) atoms. The van der Waals surface area contributed by atoms with E-state index in [1.54, 1.807) is 0 Å². The molecule has 0 heterocycles. The van der Waals surface area contributed by atoms with Gasteiger partial charge in [-0.1, -0.05) is 0 Å². The minimum absolute atomic E-state index is 0.0448. The van der Waals surface area contributed by atoms with Gasteiger partial charge in [0.1, 0.15) is 6.29 Å². The van der Waals surface area contributed by atoms with Gasteiger partial charge in [-0.2, -0.15) is 0 Å². The number of carbonyl (C=O) groups is 1. The molecule has 0 amide bonds. The lowest BCUT2D eigenvalue weighted by molar-refractivity contribution is -0.104. The van der Waals surface area contributed by atoms with Crippen molar-refractivity contribution in [1.29, 1.82) is 0 Å². The highest BCUT2D eigenvalue weighted by molar-refractivity contribution is 7.55. The van der Waals surface area contributed by atoms with E-state index in [9.17, 15) is 9.36 Å². The summed E-state index contributed by atoms with van der Waals surface area (Å²) in [5.41, 5.74) is 0.0448. The molecule has 5 heteroatoms. The number of carbonyl (C=O) groups excluding carboxylic acids is 1. The third-order valence-corrected chi connectivity index (χ3v) is 1.30. The summed E-state index contributed by atoms with van der Waals surface area (Å²) in [6.07, 6.45) is 0.388. The zero-order valence-corrected chi connectivity index (χ0v) is 5.71. The second kappa shape index (κ2) is 2.92. The van der Waals surface area contributed by atoms with Crippen LogP contribution >= 0.6 is 7.60 Å². The molecule has 4 nitrogen and oxygen atoms in total. The van der Waals surface area contributed by atoms with Crippen molar-refractivity contribution in [3.8, 4) is 0 Å². The molecule has 0 radical (unpaired) electrons. The van der Waals surface area contributed by atoms with E-state index in [2.05, 4.69) is 0 Å². The summed E-state index contributed by atoms with van der Waals surface area (Å²) < 4.78 is 10.1. The lowest BCUT2D eigenvalue weighted by Gasteiger charge is -1.93. The van der Waals surface area contributed by atoms with Crippen LogP contribution < -0.4 is 0 Å². The third kappa shape index (κ3) is 5.43. The molecule has 0 bridgehead atoms. The maximum Gasteiger partial charge on any atom is 0.349 e. The van der Waals surface area contributed by atoms with E-state index >= 15 is 0 Å². The Kier molecular flexibility index (Phi) is 2.77. The highest BCUT2D eigenvalue weighted by atomic mass is 31.2. The monoisotopic (exact) mass is 150 g/mol. The van der Waals surface area contributed by atoms with Gasteiger partial charge in [-0.25, -0.2) is 0 Å². The maximum atomic E-state index is 10.1. The van der Waals surface area contributed by atoms with Crippen molar-refractivity contribution in [2.45, 2.75) is 6.92 Å². The smallest absolute Gasteiger partial charge is 0.321 e. The number of rotatable bonds is 2. The lowest BCUT2D eigenvalue weighted by atomic mass is 10.4. The topological polar surface area (TPSA) is 74.6 Å². The van der Waals surface area contributed by atoms with Crippen LogP contribution in [0.3, 0.4) is 0 Å². The van der Waals surface area contributed by atoms with Gasteiger partial charge in [-0.05, 0) is 12.5 Å². The SMILES string of the molecule is CC(C=O)=CP(=O)(O)O. The molecule has 0 aliphatic carbocycles. The number of aldehydes is 1. The Morgan fingerprint density at radius 3 is 2.11 bits per heavy atom. The minimum Gasteiger partial charge on any atom is -0.321 e. The number of allylic oxidation sites excluding steroid dienone is 1. The van der Waals surface area contributed by atoms with Crippen LogP contribution in [0, 0.1) is 0 Å². The molecule has 52 valence electrons. The fourth-order valence-corrected chi connectivity index (χ4v) is 0.887. The molecule has 2 N–H and O–H groups in total. The van der Waals surface area contributed by atoms with Crippen molar-refractivity contribution < 1.29 is 19.1 Å². The summed E-state index contributed by atoms with van der Waals surface area (Å²) >= 11 is 0. The Bertz CT molecular complexity index is 177. The maximum absolute atomic E-state index is 10.1. The van der Waals surface area contributed by atoms with Crippen molar-refractivity contribution >= 4 is 13.9 Å². The van der Waals surface area contributed by atoms with Gasteiger partial charge in [0.15, 0.2) is 0 Å². The van der Waals surface area contributed by atoms with E-state index in [0.717, 1.165) is 0 Å². The van der Waals surface area contributed by atoms with Crippen molar-refractivity contribution in [2.24, 2.45) is 0 Å². The molecule has 0 atom stereocenters. The second-order valence-corrected chi connectivity index (χ2v) is 3.02. The molecular weight excluding hydrogens is 143 g/mol. The molecule has 0 saturated carbocycles. The van der Waals surface area contributed by atoms with E-state index in [1.807, 2.05) is 0 Å². The molecule has 0 rings (SSSR count). The molecular formula is C4H7O4P. The van der Waals surface area contributed by atoms with Crippen LogP contribution in [0.2, 0.25) is 0 Å². The van der Waals surface area contributed by atoms with Crippen LogP contribution in [0.15, 0.2) is 11.4 Å². The summed E-state index contributed by atoms with van der Waals surface area (Å²) in [5, 5.41) is 0. The third-order valence-electron chi connectivity index (χ3n) is 0.558. The average Bonchev–Trinajstić information content (AvgIpc) is 1.62. The predicted molar refractivity (Wildman–Crippen MR) is 31.9 cm³/mol. The zero-order valence-electron chi connectivity index (χ0n) is 4.81. The predicted octanol–water partition coefficient (Wildman–Crippen LogP) is 0.267. The van der Waals surface area contributed by atoms with E-state index in [1.165, 1.54) is 6.92 Å². The molecule has 0 aromatic carbocycles. The highest BCUT2D eigenvalue weighted by Crippen LogP contribution is 2.36. The van der Waals surface area contributed by atoms with Gasteiger partial charge in [0, 0.05) is 5.82 Å². The fraction of sp³-hybridized carbons (Fsp3) is 0.250. The molecule has 0 aliphatic rings. The largest absolute Gasteiger partial charge is 0.349 e. The van der Waals surface area contributed by atoms with Gasteiger partial charge in [0.25, 0.3) is 0 Å².